The summed E-state index contributed by atoms with van der Waals surface area (Å²) < 4.78 is 0. The molecule has 4 aliphatic carbocycles. The first-order valence-electron chi connectivity index (χ1n) is 10.0. The van der Waals surface area contributed by atoms with Crippen LogP contribution in [-0.4, -0.2) is 28.7 Å². The maximum Gasteiger partial charge on any atom is 0.178 e. The second kappa shape index (κ2) is 5.79. The fourth-order valence-electron chi connectivity index (χ4n) is 7.27. The number of carbonyl (C=O) groups is 1. The highest BCUT2D eigenvalue weighted by Gasteiger charge is 2.61. The quantitative estimate of drug-likeness (QED) is 0.806. The van der Waals surface area contributed by atoms with Gasteiger partial charge in [-0.3, -0.25) is 4.79 Å². The summed E-state index contributed by atoms with van der Waals surface area (Å²) in [6, 6.07) is 0. The molecule has 0 bridgehead atoms. The molecule has 0 aromatic carbocycles. The number of rotatable bonds is 2. The van der Waals surface area contributed by atoms with Crippen molar-refractivity contribution in [2.75, 3.05) is 6.61 Å². The fraction of sp³-hybridized carbons (Fsp3) is 0.773. The summed E-state index contributed by atoms with van der Waals surface area (Å²) in [6.07, 6.45) is 10.6. The predicted molar refractivity (Wildman–Crippen MR) is 97.7 cm³/mol. The summed E-state index contributed by atoms with van der Waals surface area (Å²) in [5.41, 5.74) is 1.30. The lowest BCUT2D eigenvalue weighted by Crippen LogP contribution is -2.55. The predicted octanol–water partition coefficient (Wildman–Crippen LogP) is 3.51. The van der Waals surface area contributed by atoms with E-state index in [-0.39, 0.29) is 29.3 Å². The Morgan fingerprint density at radius 3 is 2.72 bits per heavy atom. The van der Waals surface area contributed by atoms with Gasteiger partial charge in [-0.15, -0.1) is 0 Å². The van der Waals surface area contributed by atoms with Crippen LogP contribution in [0.5, 0.6) is 0 Å². The molecular weight excluding hydrogens is 312 g/mol. The number of aliphatic hydroxyl groups excluding tert-OH is 2. The van der Waals surface area contributed by atoms with Gasteiger partial charge in [-0.2, -0.15) is 0 Å². The van der Waals surface area contributed by atoms with Gasteiger partial charge in [0.15, 0.2) is 5.78 Å². The lowest BCUT2D eigenvalue weighted by atomic mass is 9.46. The van der Waals surface area contributed by atoms with Crippen LogP contribution in [0, 0.1) is 40.4 Å². The number of ketones is 1. The molecule has 0 aromatic heterocycles. The topological polar surface area (TPSA) is 57.5 Å². The standard InChI is InChI=1S/C22H32O3/c1-13(12-23)16-4-5-17-20-18(7-9-22(16,17)3)21(2)8-6-15(24)10-14(21)11-19(20)25/h6,8,10,13,16-20,23,25H,4-5,7,9,11-12H2,1-3H3/t13?,16?,17?,18?,19-,20?,21?,22?/m1/s1. The number of fused-ring (bicyclic) bond motifs is 5. The Morgan fingerprint density at radius 2 is 2.00 bits per heavy atom. The average Bonchev–Trinajstić information content (AvgIpc) is 2.93. The summed E-state index contributed by atoms with van der Waals surface area (Å²) >= 11 is 0. The summed E-state index contributed by atoms with van der Waals surface area (Å²) in [6.45, 7) is 7.13. The summed E-state index contributed by atoms with van der Waals surface area (Å²) in [4.78, 5) is 11.8. The van der Waals surface area contributed by atoms with Gasteiger partial charge in [0.05, 0.1) is 6.10 Å². The van der Waals surface area contributed by atoms with Crippen molar-refractivity contribution in [1.82, 2.24) is 0 Å². The van der Waals surface area contributed by atoms with Crippen LogP contribution >= 0.6 is 0 Å². The van der Waals surface area contributed by atoms with Crippen LogP contribution in [-0.2, 0) is 4.79 Å². The molecule has 2 N–H and O–H groups in total. The van der Waals surface area contributed by atoms with Crippen molar-refractivity contribution < 1.29 is 15.0 Å². The van der Waals surface area contributed by atoms with Gasteiger partial charge in [0, 0.05) is 12.0 Å². The van der Waals surface area contributed by atoms with Crippen molar-refractivity contribution in [2.45, 2.75) is 59.0 Å². The SMILES string of the molecule is CC(CO)C1CCC2C3C(CCC12C)C1(C)C=CC(=O)C=C1C[C@H]3O. The molecule has 25 heavy (non-hydrogen) atoms. The normalized spacial score (nSPS) is 49.9. The lowest BCUT2D eigenvalue weighted by molar-refractivity contribution is -0.113. The largest absolute Gasteiger partial charge is 0.396 e. The molecule has 0 aromatic rings. The molecule has 3 fully saturated rings. The van der Waals surface area contributed by atoms with Crippen LogP contribution in [0.3, 0.4) is 0 Å². The molecule has 4 aliphatic rings. The lowest BCUT2D eigenvalue weighted by Gasteiger charge is -2.58. The molecule has 0 amide bonds. The molecule has 3 heteroatoms. The summed E-state index contributed by atoms with van der Waals surface area (Å²) in [5, 5.41) is 20.8. The summed E-state index contributed by atoms with van der Waals surface area (Å²) in [5.74, 6) is 2.23. The van der Waals surface area contributed by atoms with Crippen molar-refractivity contribution in [3.63, 3.8) is 0 Å². The molecule has 8 atom stereocenters. The first kappa shape index (κ1) is 17.5. The number of hydrogen-bond donors (Lipinski definition) is 2. The third kappa shape index (κ3) is 2.35. The maximum absolute atomic E-state index is 11.8. The van der Waals surface area contributed by atoms with Gasteiger partial charge < -0.3 is 10.2 Å². The van der Waals surface area contributed by atoms with E-state index in [9.17, 15) is 15.0 Å². The molecule has 3 saturated carbocycles. The van der Waals surface area contributed by atoms with E-state index in [0.717, 1.165) is 12.0 Å². The van der Waals surface area contributed by atoms with Gasteiger partial charge in [-0.1, -0.05) is 32.4 Å². The van der Waals surface area contributed by atoms with Gasteiger partial charge in [-0.25, -0.2) is 0 Å². The number of carbonyl (C=O) groups excluding carboxylic acids is 1. The Morgan fingerprint density at radius 1 is 1.24 bits per heavy atom. The second-order valence-electron chi connectivity index (χ2n) is 9.64. The van der Waals surface area contributed by atoms with E-state index in [2.05, 4.69) is 26.8 Å². The van der Waals surface area contributed by atoms with E-state index in [1.54, 1.807) is 12.2 Å². The van der Waals surface area contributed by atoms with E-state index in [1.165, 1.54) is 19.3 Å². The van der Waals surface area contributed by atoms with Crippen LogP contribution in [0.4, 0.5) is 0 Å². The zero-order valence-corrected chi connectivity index (χ0v) is 15.7. The Hall–Kier alpha value is -0.930. The highest BCUT2D eigenvalue weighted by molar-refractivity contribution is 6.01. The Bertz CT molecular complexity index is 635. The summed E-state index contributed by atoms with van der Waals surface area (Å²) in [7, 11) is 0. The van der Waals surface area contributed by atoms with E-state index in [1.807, 2.05) is 0 Å². The molecule has 0 heterocycles. The molecular formula is C22H32O3. The van der Waals surface area contributed by atoms with E-state index in [4.69, 9.17) is 0 Å². The minimum Gasteiger partial charge on any atom is -0.396 e. The molecule has 0 spiro atoms. The van der Waals surface area contributed by atoms with Crippen molar-refractivity contribution in [1.29, 1.82) is 0 Å². The monoisotopic (exact) mass is 344 g/mol. The first-order valence-corrected chi connectivity index (χ1v) is 10.0. The highest BCUT2D eigenvalue weighted by Crippen LogP contribution is 2.66. The average molecular weight is 344 g/mol. The van der Waals surface area contributed by atoms with Crippen LogP contribution < -0.4 is 0 Å². The van der Waals surface area contributed by atoms with E-state index < -0.39 is 0 Å². The van der Waals surface area contributed by atoms with Gasteiger partial charge in [0.25, 0.3) is 0 Å². The zero-order valence-electron chi connectivity index (χ0n) is 15.7. The molecule has 0 saturated heterocycles. The minimum absolute atomic E-state index is 0.0662. The van der Waals surface area contributed by atoms with E-state index >= 15 is 0 Å². The Balaban J connectivity index is 1.69. The highest BCUT2D eigenvalue weighted by atomic mass is 16.3. The number of aliphatic hydroxyl groups is 2. The Labute approximate surface area is 151 Å². The zero-order chi connectivity index (χ0) is 18.0. The van der Waals surface area contributed by atoms with Crippen molar-refractivity contribution in [3.8, 4) is 0 Å². The van der Waals surface area contributed by atoms with Crippen LogP contribution in [0.25, 0.3) is 0 Å². The second-order valence-corrected chi connectivity index (χ2v) is 9.64. The van der Waals surface area contributed by atoms with Crippen LogP contribution in [0.1, 0.15) is 52.9 Å². The van der Waals surface area contributed by atoms with Gasteiger partial charge in [0.1, 0.15) is 0 Å². The van der Waals surface area contributed by atoms with Crippen LogP contribution in [0.2, 0.25) is 0 Å². The molecule has 0 radical (unpaired) electrons. The van der Waals surface area contributed by atoms with E-state index in [0.29, 0.717) is 36.0 Å². The smallest absolute Gasteiger partial charge is 0.178 e. The van der Waals surface area contributed by atoms with Crippen molar-refractivity contribution >= 4 is 5.78 Å². The van der Waals surface area contributed by atoms with Gasteiger partial charge in [-0.05, 0) is 79.3 Å². The van der Waals surface area contributed by atoms with Gasteiger partial charge in [0.2, 0.25) is 0 Å². The molecule has 138 valence electrons. The maximum atomic E-state index is 11.8. The molecule has 4 rings (SSSR count). The van der Waals surface area contributed by atoms with Crippen LogP contribution in [0.15, 0.2) is 23.8 Å². The molecule has 3 nitrogen and oxygen atoms in total. The molecule has 7 unspecified atom stereocenters. The van der Waals surface area contributed by atoms with Gasteiger partial charge >= 0.3 is 0 Å². The third-order valence-corrected chi connectivity index (χ3v) is 8.63. The van der Waals surface area contributed by atoms with Crippen molar-refractivity contribution in [2.24, 2.45) is 40.4 Å². The third-order valence-electron chi connectivity index (χ3n) is 8.63. The molecule has 0 aliphatic heterocycles. The van der Waals surface area contributed by atoms with Crippen molar-refractivity contribution in [3.05, 3.63) is 23.8 Å². The first-order chi connectivity index (χ1) is 11.8. The minimum atomic E-state index is -0.337. The number of allylic oxidation sites excluding steroid dienone is 3. The number of hydrogen-bond acceptors (Lipinski definition) is 3. The Kier molecular flexibility index (Phi) is 4.05. The fourth-order valence-corrected chi connectivity index (χ4v) is 7.27.